The van der Waals surface area contributed by atoms with Gasteiger partial charge in [0.05, 0.1) is 44.7 Å². The summed E-state index contributed by atoms with van der Waals surface area (Å²) < 4.78 is 16.5. The zero-order valence-corrected chi connectivity index (χ0v) is 22.0. The molecule has 0 atom stereocenters. The van der Waals surface area contributed by atoms with Crippen LogP contribution in [-0.4, -0.2) is 75.0 Å². The highest BCUT2D eigenvalue weighted by Crippen LogP contribution is 2.38. The quantitative estimate of drug-likeness (QED) is 0.268. The van der Waals surface area contributed by atoms with Gasteiger partial charge in [-0.25, -0.2) is 10.5 Å². The van der Waals surface area contributed by atoms with Gasteiger partial charge in [-0.05, 0) is 37.0 Å². The monoisotopic (exact) mass is 517 g/mol. The number of fused-ring (bicyclic) bond motifs is 1. The van der Waals surface area contributed by atoms with Crippen LogP contribution in [0.25, 0.3) is 16.7 Å². The molecular formula is C28H35N7O3. The van der Waals surface area contributed by atoms with Crippen LogP contribution in [0.1, 0.15) is 18.5 Å². The maximum Gasteiger partial charge on any atom is 0.128 e. The Labute approximate surface area is 223 Å². The van der Waals surface area contributed by atoms with Crippen LogP contribution >= 0.6 is 0 Å². The predicted molar refractivity (Wildman–Crippen MR) is 147 cm³/mol. The van der Waals surface area contributed by atoms with Gasteiger partial charge in [-0.1, -0.05) is 0 Å². The summed E-state index contributed by atoms with van der Waals surface area (Å²) in [4.78, 5) is 14.1. The van der Waals surface area contributed by atoms with Gasteiger partial charge < -0.3 is 24.4 Å². The standard InChI is InChI=1S/C28H35N7O3/c1-36-23-13-22(14-24(16-23)37-2)35(19-20-3-4-20)21-5-6-25-26(15-21)32-27(18-31-25)28(33-29)17-30-7-8-34-9-11-38-12-10-34/h5-6,13-18,20,29-30H,3-4,7-12,19H2,1-2H3/b28-17-,33-29?. The molecule has 1 saturated heterocycles. The maximum absolute atomic E-state index is 7.71. The second kappa shape index (κ2) is 12.2. The van der Waals surface area contributed by atoms with Gasteiger partial charge in [0, 0.05) is 68.5 Å². The Bertz CT molecular complexity index is 1270. The molecule has 3 aromatic rings. The number of nitrogens with zero attached hydrogens (tertiary/aromatic N) is 5. The van der Waals surface area contributed by atoms with Gasteiger partial charge in [0.15, 0.2) is 0 Å². The van der Waals surface area contributed by atoms with E-state index in [2.05, 4.69) is 31.3 Å². The molecule has 38 heavy (non-hydrogen) atoms. The molecule has 1 aliphatic heterocycles. The van der Waals surface area contributed by atoms with Crippen LogP contribution in [0.2, 0.25) is 0 Å². The van der Waals surface area contributed by atoms with Crippen LogP contribution in [0.3, 0.4) is 0 Å². The molecule has 0 spiro atoms. The van der Waals surface area contributed by atoms with Crippen molar-refractivity contribution in [1.82, 2.24) is 20.2 Å². The van der Waals surface area contributed by atoms with E-state index in [1.54, 1.807) is 26.6 Å². The van der Waals surface area contributed by atoms with Crippen LogP contribution < -0.4 is 19.7 Å². The minimum Gasteiger partial charge on any atom is -0.497 e. The Kier molecular flexibility index (Phi) is 8.30. The second-order valence-corrected chi connectivity index (χ2v) is 9.60. The number of nitrogens with one attached hydrogen (secondary N) is 2. The highest BCUT2D eigenvalue weighted by Gasteiger charge is 2.26. The van der Waals surface area contributed by atoms with Crippen molar-refractivity contribution in [3.8, 4) is 11.5 Å². The molecule has 10 nitrogen and oxygen atoms in total. The topological polar surface area (TPSA) is 108 Å². The first-order valence-corrected chi connectivity index (χ1v) is 13.1. The molecule has 1 aliphatic carbocycles. The summed E-state index contributed by atoms with van der Waals surface area (Å²) >= 11 is 0. The van der Waals surface area contributed by atoms with Crippen LogP contribution in [0, 0.1) is 11.4 Å². The summed E-state index contributed by atoms with van der Waals surface area (Å²) in [6.07, 6.45) is 5.87. The van der Waals surface area contributed by atoms with Gasteiger partial charge in [-0.3, -0.25) is 9.88 Å². The molecule has 2 aromatic carbocycles. The van der Waals surface area contributed by atoms with Crippen molar-refractivity contribution >= 4 is 28.1 Å². The third kappa shape index (κ3) is 6.38. The van der Waals surface area contributed by atoms with Gasteiger partial charge in [-0.15, -0.1) is 0 Å². The molecule has 0 amide bonds. The average molecular weight is 518 g/mol. The summed E-state index contributed by atoms with van der Waals surface area (Å²) in [7, 11) is 3.33. The van der Waals surface area contributed by atoms with Gasteiger partial charge >= 0.3 is 0 Å². The minimum atomic E-state index is 0.444. The van der Waals surface area contributed by atoms with Crippen molar-refractivity contribution in [3.05, 3.63) is 54.5 Å². The number of hydrogen-bond acceptors (Lipinski definition) is 10. The SMILES string of the molecule is COc1cc(OC)cc(N(CC2CC2)c2ccc3ncc(/C(=C/NCCN4CCOCC4)N=N)nc3c2)c1. The smallest absolute Gasteiger partial charge is 0.128 e. The maximum atomic E-state index is 7.71. The molecule has 5 rings (SSSR count). The summed E-state index contributed by atoms with van der Waals surface area (Å²) in [6.45, 7) is 6.01. The normalized spacial score (nSPS) is 16.3. The van der Waals surface area contributed by atoms with Gasteiger partial charge in [0.1, 0.15) is 22.9 Å². The zero-order chi connectivity index (χ0) is 26.3. The summed E-state index contributed by atoms with van der Waals surface area (Å²) in [5.74, 6) is 2.15. The highest BCUT2D eigenvalue weighted by atomic mass is 16.5. The van der Waals surface area contributed by atoms with Crippen molar-refractivity contribution in [2.24, 2.45) is 11.0 Å². The Hall–Kier alpha value is -3.76. The number of aromatic nitrogens is 2. The average Bonchev–Trinajstić information content (AvgIpc) is 3.80. The third-order valence-electron chi connectivity index (χ3n) is 6.92. The van der Waals surface area contributed by atoms with Crippen LogP contribution in [0.4, 0.5) is 11.4 Å². The lowest BCUT2D eigenvalue weighted by Gasteiger charge is -2.26. The van der Waals surface area contributed by atoms with Crippen molar-refractivity contribution in [2.45, 2.75) is 12.8 Å². The Morgan fingerprint density at radius 2 is 1.87 bits per heavy atom. The first kappa shape index (κ1) is 25.9. The number of morpholine rings is 1. The Morgan fingerprint density at radius 1 is 1.11 bits per heavy atom. The predicted octanol–water partition coefficient (Wildman–Crippen LogP) is 4.45. The van der Waals surface area contributed by atoms with E-state index in [0.717, 1.165) is 79.8 Å². The fourth-order valence-corrected chi connectivity index (χ4v) is 4.54. The third-order valence-corrected chi connectivity index (χ3v) is 6.92. The molecule has 1 aromatic heterocycles. The first-order chi connectivity index (χ1) is 18.7. The molecule has 2 fully saturated rings. The number of ether oxygens (including phenoxy) is 3. The molecule has 1 saturated carbocycles. The fourth-order valence-electron chi connectivity index (χ4n) is 4.54. The molecule has 2 aliphatic rings. The Morgan fingerprint density at radius 3 is 2.55 bits per heavy atom. The van der Waals surface area contributed by atoms with Crippen molar-refractivity contribution in [1.29, 1.82) is 5.53 Å². The number of hydrogen-bond donors (Lipinski definition) is 2. The zero-order valence-electron chi connectivity index (χ0n) is 22.0. The van der Waals surface area contributed by atoms with E-state index in [-0.39, 0.29) is 0 Å². The molecule has 10 heteroatoms. The van der Waals surface area contributed by atoms with E-state index in [1.165, 1.54) is 12.8 Å². The largest absolute Gasteiger partial charge is 0.497 e. The van der Waals surface area contributed by atoms with E-state index in [9.17, 15) is 0 Å². The number of methoxy groups -OCH3 is 2. The molecule has 2 heterocycles. The van der Waals surface area contributed by atoms with E-state index in [0.29, 0.717) is 17.3 Å². The second-order valence-electron chi connectivity index (χ2n) is 9.60. The van der Waals surface area contributed by atoms with Crippen LogP contribution in [-0.2, 0) is 4.74 Å². The minimum absolute atomic E-state index is 0.444. The van der Waals surface area contributed by atoms with Gasteiger partial charge in [0.25, 0.3) is 0 Å². The molecular weight excluding hydrogens is 482 g/mol. The fraction of sp³-hybridized carbons (Fsp3) is 0.429. The summed E-state index contributed by atoms with van der Waals surface area (Å²) in [5, 5.41) is 6.99. The molecule has 2 N–H and O–H groups in total. The van der Waals surface area contributed by atoms with Gasteiger partial charge in [-0.2, -0.15) is 5.11 Å². The lowest BCUT2D eigenvalue weighted by atomic mass is 10.1. The van der Waals surface area contributed by atoms with E-state index in [1.807, 2.05) is 30.3 Å². The lowest BCUT2D eigenvalue weighted by molar-refractivity contribution is 0.0388. The molecule has 0 unspecified atom stereocenters. The van der Waals surface area contributed by atoms with E-state index < -0.39 is 0 Å². The van der Waals surface area contributed by atoms with E-state index >= 15 is 0 Å². The lowest BCUT2D eigenvalue weighted by Crippen LogP contribution is -2.39. The highest BCUT2D eigenvalue weighted by molar-refractivity contribution is 5.82. The van der Waals surface area contributed by atoms with Gasteiger partial charge in [0.2, 0.25) is 0 Å². The summed E-state index contributed by atoms with van der Waals surface area (Å²) in [6, 6.07) is 12.0. The molecule has 0 bridgehead atoms. The Balaban J connectivity index is 1.39. The van der Waals surface area contributed by atoms with Crippen molar-refractivity contribution in [3.63, 3.8) is 0 Å². The van der Waals surface area contributed by atoms with Crippen molar-refractivity contribution < 1.29 is 14.2 Å². The first-order valence-electron chi connectivity index (χ1n) is 13.1. The van der Waals surface area contributed by atoms with E-state index in [4.69, 9.17) is 24.7 Å². The molecule has 0 radical (unpaired) electrons. The molecule has 200 valence electrons. The van der Waals surface area contributed by atoms with Crippen LogP contribution in [0.15, 0.2) is 53.9 Å². The summed E-state index contributed by atoms with van der Waals surface area (Å²) in [5.41, 5.74) is 12.3. The number of anilines is 2. The number of rotatable bonds is 12. The number of benzene rings is 2. The van der Waals surface area contributed by atoms with Crippen molar-refractivity contribution in [2.75, 3.05) is 65.1 Å². The van der Waals surface area contributed by atoms with Crippen LogP contribution in [0.5, 0.6) is 11.5 Å².